The second-order valence-electron chi connectivity index (χ2n) is 9.96. The van der Waals surface area contributed by atoms with Crippen LogP contribution in [0.4, 0.5) is 19.7 Å². The molecule has 0 radical (unpaired) electrons. The van der Waals surface area contributed by atoms with E-state index in [0.29, 0.717) is 30.9 Å². The van der Waals surface area contributed by atoms with Gasteiger partial charge in [-0.05, 0) is 43.5 Å². The molecule has 4 N–H and O–H groups in total. The summed E-state index contributed by atoms with van der Waals surface area (Å²) < 4.78 is 55.9. The molecule has 0 saturated carbocycles. The van der Waals surface area contributed by atoms with Crippen molar-refractivity contribution in [3.63, 3.8) is 0 Å². The van der Waals surface area contributed by atoms with E-state index in [4.69, 9.17) is 5.73 Å². The van der Waals surface area contributed by atoms with E-state index in [2.05, 4.69) is 20.2 Å². The van der Waals surface area contributed by atoms with E-state index in [0.717, 1.165) is 48.7 Å². The SMILES string of the molecule is Nc1nc(NC2CCN(S(=O)(=O)c3ccc(CCN4CCC(O)C4)nc3)CC2)sc1C(=O)c1c(F)cccc1F. The number of halogens is 2. The fourth-order valence-corrected chi connectivity index (χ4v) is 7.27. The molecule has 1 aromatic carbocycles. The normalized spacial score (nSPS) is 19.2. The number of piperidine rings is 1. The Labute approximate surface area is 234 Å². The number of carbonyl (C=O) groups is 1. The van der Waals surface area contributed by atoms with Crippen LogP contribution < -0.4 is 11.1 Å². The predicted octanol–water partition coefficient (Wildman–Crippen LogP) is 2.50. The lowest BCUT2D eigenvalue weighted by Gasteiger charge is -2.31. The van der Waals surface area contributed by atoms with Crippen molar-refractivity contribution in [1.29, 1.82) is 0 Å². The standard InChI is InChI=1S/C26H30F2N6O4S2/c27-20-2-1-3-21(28)22(20)23(36)24-25(29)32-26(39-24)31-17-7-12-34(13-8-17)40(37,38)19-5-4-16(30-14-19)6-10-33-11-9-18(35)15-33/h1-5,14,17-18,35H,6-13,15,29H2,(H,31,32). The van der Waals surface area contributed by atoms with Crippen molar-refractivity contribution in [1.82, 2.24) is 19.2 Å². The molecule has 5 rings (SSSR count). The topological polar surface area (TPSA) is 142 Å². The fraction of sp³-hybridized carbons (Fsp3) is 0.423. The summed E-state index contributed by atoms with van der Waals surface area (Å²) in [5, 5.41) is 13.1. The molecule has 3 aromatic rings. The minimum Gasteiger partial charge on any atom is -0.392 e. The average Bonchev–Trinajstić information content (AvgIpc) is 3.52. The van der Waals surface area contributed by atoms with Gasteiger partial charge in [-0.2, -0.15) is 4.31 Å². The van der Waals surface area contributed by atoms with Crippen LogP contribution in [0.2, 0.25) is 0 Å². The molecular formula is C26H30F2N6O4S2. The summed E-state index contributed by atoms with van der Waals surface area (Å²) in [6.07, 6.45) is 3.52. The van der Waals surface area contributed by atoms with Crippen molar-refractivity contribution in [2.45, 2.75) is 42.7 Å². The highest BCUT2D eigenvalue weighted by molar-refractivity contribution is 7.89. The highest BCUT2D eigenvalue weighted by Gasteiger charge is 2.31. The molecule has 2 aliphatic heterocycles. The van der Waals surface area contributed by atoms with Gasteiger partial charge in [0.2, 0.25) is 15.8 Å². The van der Waals surface area contributed by atoms with E-state index in [1.54, 1.807) is 12.1 Å². The van der Waals surface area contributed by atoms with Crippen LogP contribution in [0.15, 0.2) is 41.4 Å². The van der Waals surface area contributed by atoms with Gasteiger partial charge in [0.05, 0.1) is 11.7 Å². The molecule has 2 aliphatic rings. The summed E-state index contributed by atoms with van der Waals surface area (Å²) in [7, 11) is -3.71. The molecule has 40 heavy (non-hydrogen) atoms. The van der Waals surface area contributed by atoms with Gasteiger partial charge >= 0.3 is 0 Å². The molecule has 2 saturated heterocycles. The zero-order valence-electron chi connectivity index (χ0n) is 21.6. The number of pyridine rings is 1. The number of anilines is 2. The van der Waals surface area contributed by atoms with Crippen molar-refractivity contribution in [3.05, 3.63) is 64.3 Å². The van der Waals surface area contributed by atoms with Crippen molar-refractivity contribution in [3.8, 4) is 0 Å². The molecule has 0 bridgehead atoms. The Hall–Kier alpha value is -3.04. The Bertz CT molecular complexity index is 1460. The smallest absolute Gasteiger partial charge is 0.244 e. The van der Waals surface area contributed by atoms with E-state index >= 15 is 0 Å². The number of hydrogen-bond acceptors (Lipinski definition) is 10. The van der Waals surface area contributed by atoms with Gasteiger partial charge in [-0.15, -0.1) is 0 Å². The number of nitrogen functional groups attached to an aromatic ring is 1. The molecule has 0 amide bonds. The van der Waals surface area contributed by atoms with Crippen LogP contribution in [0, 0.1) is 11.6 Å². The van der Waals surface area contributed by atoms with E-state index < -0.39 is 33.0 Å². The third-order valence-corrected chi connectivity index (χ3v) is 10.1. The number of likely N-dealkylation sites (tertiary alicyclic amines) is 1. The Balaban J connectivity index is 1.16. The largest absolute Gasteiger partial charge is 0.392 e. The Morgan fingerprint density at radius 1 is 1.12 bits per heavy atom. The Morgan fingerprint density at radius 2 is 1.85 bits per heavy atom. The number of thiazole rings is 1. The third-order valence-electron chi connectivity index (χ3n) is 7.20. The van der Waals surface area contributed by atoms with Crippen molar-refractivity contribution in [2.24, 2.45) is 0 Å². The number of sulfonamides is 1. The van der Waals surface area contributed by atoms with E-state index in [9.17, 15) is 27.1 Å². The third kappa shape index (κ3) is 6.15. The number of nitrogens with one attached hydrogen (secondary N) is 1. The predicted molar refractivity (Wildman–Crippen MR) is 147 cm³/mol. The van der Waals surface area contributed by atoms with Crippen LogP contribution in [0.3, 0.4) is 0 Å². The molecule has 0 spiro atoms. The van der Waals surface area contributed by atoms with Crippen LogP contribution in [0.25, 0.3) is 0 Å². The summed E-state index contributed by atoms with van der Waals surface area (Å²) >= 11 is 0.904. The number of hydrogen-bond donors (Lipinski definition) is 3. The first-order valence-corrected chi connectivity index (χ1v) is 15.2. The van der Waals surface area contributed by atoms with Gasteiger partial charge in [0.15, 0.2) is 5.13 Å². The van der Waals surface area contributed by atoms with Gasteiger partial charge in [-0.1, -0.05) is 17.4 Å². The first-order chi connectivity index (χ1) is 19.1. The average molecular weight is 593 g/mol. The fourth-order valence-electron chi connectivity index (χ4n) is 4.95. The quantitative estimate of drug-likeness (QED) is 0.320. The molecule has 214 valence electrons. The van der Waals surface area contributed by atoms with E-state index in [1.165, 1.54) is 16.6 Å². The minimum absolute atomic E-state index is 0.0690. The Morgan fingerprint density at radius 3 is 2.48 bits per heavy atom. The van der Waals surface area contributed by atoms with Crippen LogP contribution in [-0.4, -0.2) is 83.4 Å². The second kappa shape index (κ2) is 11.8. The summed E-state index contributed by atoms with van der Waals surface area (Å²) in [4.78, 5) is 23.4. The van der Waals surface area contributed by atoms with Gasteiger partial charge in [-0.25, -0.2) is 22.2 Å². The molecule has 14 heteroatoms. The highest BCUT2D eigenvalue weighted by atomic mass is 32.2. The maximum Gasteiger partial charge on any atom is 0.244 e. The van der Waals surface area contributed by atoms with E-state index in [1.807, 2.05) is 0 Å². The number of carbonyl (C=O) groups excluding carboxylic acids is 1. The number of rotatable bonds is 9. The number of aromatic nitrogens is 2. The monoisotopic (exact) mass is 592 g/mol. The number of aliphatic hydroxyl groups excluding tert-OH is 1. The second-order valence-corrected chi connectivity index (χ2v) is 12.9. The minimum atomic E-state index is -3.71. The van der Waals surface area contributed by atoms with Gasteiger partial charge in [0.25, 0.3) is 0 Å². The van der Waals surface area contributed by atoms with E-state index in [-0.39, 0.29) is 40.8 Å². The number of nitrogens with two attached hydrogens (primary N) is 1. The van der Waals surface area contributed by atoms with Gasteiger partial charge in [-0.3, -0.25) is 9.78 Å². The summed E-state index contributed by atoms with van der Waals surface area (Å²) in [6, 6.07) is 6.35. The summed E-state index contributed by atoms with van der Waals surface area (Å²) in [5.74, 6) is -2.97. The molecular weight excluding hydrogens is 562 g/mol. The molecule has 1 unspecified atom stereocenters. The number of benzene rings is 1. The highest BCUT2D eigenvalue weighted by Crippen LogP contribution is 2.31. The number of aliphatic hydroxyl groups is 1. The van der Waals surface area contributed by atoms with Gasteiger partial charge in [0, 0.05) is 57.1 Å². The zero-order valence-corrected chi connectivity index (χ0v) is 23.2. The first-order valence-electron chi connectivity index (χ1n) is 13.0. The number of ketones is 1. The lowest BCUT2D eigenvalue weighted by molar-refractivity contribution is 0.103. The van der Waals surface area contributed by atoms with Crippen molar-refractivity contribution < 1.29 is 27.1 Å². The lowest BCUT2D eigenvalue weighted by Crippen LogP contribution is -2.42. The molecule has 2 aromatic heterocycles. The van der Waals surface area contributed by atoms with Crippen molar-refractivity contribution >= 4 is 38.1 Å². The number of nitrogens with zero attached hydrogens (tertiary/aromatic N) is 4. The lowest BCUT2D eigenvalue weighted by atomic mass is 10.1. The van der Waals surface area contributed by atoms with Gasteiger partial charge in [0.1, 0.15) is 27.2 Å². The van der Waals surface area contributed by atoms with Crippen molar-refractivity contribution in [2.75, 3.05) is 43.8 Å². The molecule has 2 fully saturated rings. The summed E-state index contributed by atoms with van der Waals surface area (Å²) in [5.41, 5.74) is 5.99. The Kier molecular flexibility index (Phi) is 8.42. The molecule has 4 heterocycles. The maximum atomic E-state index is 14.1. The first kappa shape index (κ1) is 28.5. The van der Waals surface area contributed by atoms with Gasteiger partial charge < -0.3 is 21.1 Å². The molecule has 10 nitrogen and oxygen atoms in total. The molecule has 0 aliphatic carbocycles. The maximum absolute atomic E-state index is 14.1. The van der Waals surface area contributed by atoms with Crippen LogP contribution in [0.5, 0.6) is 0 Å². The zero-order chi connectivity index (χ0) is 28.4. The molecule has 1 atom stereocenters. The van der Waals surface area contributed by atoms with Crippen LogP contribution >= 0.6 is 11.3 Å². The van der Waals surface area contributed by atoms with Crippen LogP contribution in [-0.2, 0) is 16.4 Å². The summed E-state index contributed by atoms with van der Waals surface area (Å²) in [6.45, 7) is 2.80. The number of β-amino-alcohol motifs (C(OH)–C–C–N with tert-alkyl or cyclic N) is 1. The van der Waals surface area contributed by atoms with Crippen LogP contribution in [0.1, 0.15) is 40.2 Å².